The molecule has 3 amide bonds. The van der Waals surface area contributed by atoms with E-state index in [4.69, 9.17) is 9.47 Å². The van der Waals surface area contributed by atoms with E-state index in [1.807, 2.05) is 13.8 Å². The molecule has 1 aromatic carbocycles. The van der Waals surface area contributed by atoms with E-state index in [9.17, 15) is 18.8 Å². The van der Waals surface area contributed by atoms with E-state index < -0.39 is 11.7 Å². The minimum Gasteiger partial charge on any atom is -0.489 e. The second-order valence-electron chi connectivity index (χ2n) is 8.93. The molecule has 0 fully saturated rings. The highest BCUT2D eigenvalue weighted by molar-refractivity contribution is 5.98. The second kappa shape index (κ2) is 11.0. The van der Waals surface area contributed by atoms with E-state index in [1.165, 1.54) is 4.90 Å². The number of carbonyl (C=O) groups is 3. The van der Waals surface area contributed by atoms with Gasteiger partial charge in [-0.1, -0.05) is 0 Å². The smallest absolute Gasteiger partial charge is 0.407 e. The molecular weight excluding hydrogens is 417 g/mol. The van der Waals surface area contributed by atoms with Gasteiger partial charge in [0.15, 0.2) is 0 Å². The Morgan fingerprint density at radius 1 is 1.28 bits per heavy atom. The zero-order chi connectivity index (χ0) is 23.9. The number of nitrogens with one attached hydrogen (secondary N) is 2. The predicted octanol–water partition coefficient (Wildman–Crippen LogP) is 2.97. The molecule has 0 saturated carbocycles. The molecule has 0 spiro atoms. The minimum atomic E-state index is -0.644. The van der Waals surface area contributed by atoms with Crippen molar-refractivity contribution >= 4 is 17.9 Å². The summed E-state index contributed by atoms with van der Waals surface area (Å²) in [7, 11) is 0. The van der Waals surface area contributed by atoms with Crippen LogP contribution in [-0.2, 0) is 16.0 Å². The van der Waals surface area contributed by atoms with Crippen molar-refractivity contribution in [2.75, 3.05) is 26.2 Å². The van der Waals surface area contributed by atoms with Crippen molar-refractivity contribution in [3.05, 3.63) is 41.2 Å². The lowest BCUT2D eigenvalue weighted by atomic mass is 9.98. The van der Waals surface area contributed by atoms with Gasteiger partial charge < -0.3 is 25.0 Å². The van der Waals surface area contributed by atoms with E-state index in [2.05, 4.69) is 10.6 Å². The fourth-order valence-electron chi connectivity index (χ4n) is 3.09. The van der Waals surface area contributed by atoms with E-state index >= 15 is 0 Å². The normalized spacial score (nSPS) is 14.2. The molecule has 2 rings (SSSR count). The molecule has 0 bridgehead atoms. The standard InChI is InChI=1S/C23H32FN3O5/c1-15(2)26-20(28)13-27-9-8-17-10-18(6-7-19(17)21(27)29)31-14-16(11-24)12-25-22(30)32-23(3,4)5/h6-7,10-11,15H,8-9,12-14H2,1-5H3,(H,25,30)(H,26,28)/b16-11-. The van der Waals surface area contributed by atoms with E-state index in [-0.39, 0.29) is 43.1 Å². The summed E-state index contributed by atoms with van der Waals surface area (Å²) in [6.07, 6.45) is 0.328. The Morgan fingerprint density at radius 2 is 2.00 bits per heavy atom. The molecule has 1 aromatic rings. The maximum Gasteiger partial charge on any atom is 0.407 e. The number of hydrogen-bond acceptors (Lipinski definition) is 5. The van der Waals surface area contributed by atoms with Gasteiger partial charge in [-0.3, -0.25) is 9.59 Å². The summed E-state index contributed by atoms with van der Waals surface area (Å²) in [4.78, 5) is 37.9. The summed E-state index contributed by atoms with van der Waals surface area (Å²) in [6, 6.07) is 5.04. The first-order chi connectivity index (χ1) is 15.0. The molecule has 0 saturated heterocycles. The average Bonchev–Trinajstić information content (AvgIpc) is 2.68. The van der Waals surface area contributed by atoms with Crippen LogP contribution in [0.3, 0.4) is 0 Å². The largest absolute Gasteiger partial charge is 0.489 e. The van der Waals surface area contributed by atoms with Crippen molar-refractivity contribution in [2.24, 2.45) is 0 Å². The highest BCUT2D eigenvalue weighted by Crippen LogP contribution is 2.24. The molecule has 9 heteroatoms. The number of rotatable bonds is 8. The van der Waals surface area contributed by atoms with Crippen LogP contribution in [-0.4, -0.2) is 60.7 Å². The number of halogens is 1. The van der Waals surface area contributed by atoms with E-state index in [1.54, 1.807) is 39.0 Å². The highest BCUT2D eigenvalue weighted by atomic mass is 19.1. The van der Waals surface area contributed by atoms with Crippen LogP contribution < -0.4 is 15.4 Å². The average molecular weight is 450 g/mol. The lowest BCUT2D eigenvalue weighted by Crippen LogP contribution is -2.45. The number of amides is 3. The van der Waals surface area contributed by atoms with Crippen LogP contribution in [0.2, 0.25) is 0 Å². The van der Waals surface area contributed by atoms with Crippen molar-refractivity contribution < 1.29 is 28.2 Å². The van der Waals surface area contributed by atoms with Gasteiger partial charge in [0.2, 0.25) is 5.91 Å². The number of alkyl carbamates (subject to hydrolysis) is 1. The summed E-state index contributed by atoms with van der Waals surface area (Å²) in [5, 5.41) is 5.26. The van der Waals surface area contributed by atoms with Crippen LogP contribution in [0.4, 0.5) is 9.18 Å². The molecule has 1 heterocycles. The van der Waals surface area contributed by atoms with Gasteiger partial charge in [-0.25, -0.2) is 9.18 Å². The van der Waals surface area contributed by atoms with Crippen molar-refractivity contribution in [1.82, 2.24) is 15.5 Å². The number of benzene rings is 1. The molecule has 1 aliphatic heterocycles. The van der Waals surface area contributed by atoms with Crippen molar-refractivity contribution in [3.8, 4) is 5.75 Å². The maximum atomic E-state index is 13.2. The predicted molar refractivity (Wildman–Crippen MR) is 118 cm³/mol. The van der Waals surface area contributed by atoms with Gasteiger partial charge in [-0.2, -0.15) is 0 Å². The van der Waals surface area contributed by atoms with Gasteiger partial charge in [0.05, 0.1) is 12.9 Å². The quantitative estimate of drug-likeness (QED) is 0.636. The van der Waals surface area contributed by atoms with Crippen LogP contribution in [0.15, 0.2) is 30.1 Å². The Morgan fingerprint density at radius 3 is 2.62 bits per heavy atom. The summed E-state index contributed by atoms with van der Waals surface area (Å²) < 4.78 is 23.9. The monoisotopic (exact) mass is 449 g/mol. The Bertz CT molecular complexity index is 877. The van der Waals surface area contributed by atoms with Crippen LogP contribution in [0.25, 0.3) is 0 Å². The maximum absolute atomic E-state index is 13.2. The molecule has 0 unspecified atom stereocenters. The Labute approximate surface area is 188 Å². The first kappa shape index (κ1) is 25.2. The fraction of sp³-hybridized carbons (Fsp3) is 0.522. The molecule has 0 aromatic heterocycles. The summed E-state index contributed by atoms with van der Waals surface area (Å²) >= 11 is 0. The van der Waals surface area contributed by atoms with Gasteiger partial charge in [0.25, 0.3) is 5.91 Å². The highest BCUT2D eigenvalue weighted by Gasteiger charge is 2.26. The lowest BCUT2D eigenvalue weighted by Gasteiger charge is -2.28. The third-order valence-electron chi connectivity index (χ3n) is 4.47. The Hall–Kier alpha value is -3.10. The molecule has 1 aliphatic rings. The number of carbonyl (C=O) groups excluding carboxylic acids is 3. The fourth-order valence-corrected chi connectivity index (χ4v) is 3.09. The van der Waals surface area contributed by atoms with Gasteiger partial charge in [0, 0.05) is 30.3 Å². The molecule has 176 valence electrons. The minimum absolute atomic E-state index is 0.0111. The van der Waals surface area contributed by atoms with Crippen LogP contribution >= 0.6 is 0 Å². The van der Waals surface area contributed by atoms with Crippen LogP contribution in [0.5, 0.6) is 5.75 Å². The number of fused-ring (bicyclic) bond motifs is 1. The summed E-state index contributed by atoms with van der Waals surface area (Å²) in [6.45, 7) is 9.27. The van der Waals surface area contributed by atoms with Crippen molar-refractivity contribution in [3.63, 3.8) is 0 Å². The van der Waals surface area contributed by atoms with Gasteiger partial charge >= 0.3 is 6.09 Å². The van der Waals surface area contributed by atoms with E-state index in [0.29, 0.717) is 30.6 Å². The third-order valence-corrected chi connectivity index (χ3v) is 4.47. The summed E-state index contributed by atoms with van der Waals surface area (Å²) in [5.41, 5.74) is 0.917. The molecule has 8 nitrogen and oxygen atoms in total. The first-order valence-electron chi connectivity index (χ1n) is 10.6. The van der Waals surface area contributed by atoms with Crippen LogP contribution in [0, 0.1) is 0 Å². The zero-order valence-corrected chi connectivity index (χ0v) is 19.3. The van der Waals surface area contributed by atoms with Gasteiger partial charge in [0.1, 0.15) is 18.0 Å². The first-order valence-corrected chi connectivity index (χ1v) is 10.6. The molecule has 0 atom stereocenters. The van der Waals surface area contributed by atoms with Gasteiger partial charge in [-0.15, -0.1) is 0 Å². The molecule has 32 heavy (non-hydrogen) atoms. The van der Waals surface area contributed by atoms with Crippen molar-refractivity contribution in [2.45, 2.75) is 52.7 Å². The molecule has 2 N–H and O–H groups in total. The van der Waals surface area contributed by atoms with Crippen molar-refractivity contribution in [1.29, 1.82) is 0 Å². The summed E-state index contributed by atoms with van der Waals surface area (Å²) in [5.74, 6) is 0.0871. The number of ether oxygens (including phenoxy) is 2. The SMILES string of the molecule is CC(C)NC(=O)CN1CCc2cc(OC/C(=C\F)CNC(=O)OC(C)(C)C)ccc2C1=O. The second-order valence-corrected chi connectivity index (χ2v) is 8.93. The Kier molecular flexibility index (Phi) is 8.63. The topological polar surface area (TPSA) is 97.0 Å². The zero-order valence-electron chi connectivity index (χ0n) is 19.3. The number of hydrogen-bond donors (Lipinski definition) is 2. The molecule has 0 radical (unpaired) electrons. The Balaban J connectivity index is 1.91. The van der Waals surface area contributed by atoms with E-state index in [0.717, 1.165) is 5.56 Å². The van der Waals surface area contributed by atoms with Crippen LogP contribution in [0.1, 0.15) is 50.5 Å². The van der Waals surface area contributed by atoms with Gasteiger partial charge in [-0.05, 0) is 64.8 Å². The molecular formula is C23H32FN3O5. The molecule has 0 aliphatic carbocycles. The third kappa shape index (κ3) is 7.86. The lowest BCUT2D eigenvalue weighted by molar-refractivity contribution is -0.122. The number of nitrogens with zero attached hydrogens (tertiary/aromatic N) is 1.